The van der Waals surface area contributed by atoms with Gasteiger partial charge in [0, 0.05) is 19.6 Å². The van der Waals surface area contributed by atoms with Crippen LogP contribution in [-0.4, -0.2) is 23.3 Å². The van der Waals surface area contributed by atoms with Crippen molar-refractivity contribution in [2.45, 2.75) is 19.2 Å². The number of β-amino-alcohol motifs (C(OH)–C–C–N with tert-alkyl or cyclic N) is 1. The number of hydrogen-bond acceptors (Lipinski definition) is 4. The Hall–Kier alpha value is -2.04. The molecule has 1 N–H and O–H groups in total. The molecule has 0 aliphatic carbocycles. The molecule has 4 nitrogen and oxygen atoms in total. The molecule has 2 aromatic carbocycles. The van der Waals surface area contributed by atoms with Gasteiger partial charge in [0.1, 0.15) is 0 Å². The van der Waals surface area contributed by atoms with Crippen LogP contribution in [0.4, 0.5) is 0 Å². The zero-order valence-corrected chi connectivity index (χ0v) is 11.7. The fourth-order valence-corrected chi connectivity index (χ4v) is 3.06. The number of rotatable bonds is 2. The molecular weight excluding hydrogens is 266 g/mol. The Bertz CT molecular complexity index is 657. The highest BCUT2D eigenvalue weighted by atomic mass is 16.7. The minimum atomic E-state index is -0.480. The zero-order valence-electron chi connectivity index (χ0n) is 11.7. The molecule has 0 bridgehead atoms. The van der Waals surface area contributed by atoms with Crippen LogP contribution in [0.15, 0.2) is 42.5 Å². The molecule has 0 radical (unpaired) electrons. The highest BCUT2D eigenvalue weighted by Gasteiger charge is 2.27. The second-order valence-corrected chi connectivity index (χ2v) is 5.58. The molecule has 0 unspecified atom stereocenters. The first-order valence-corrected chi connectivity index (χ1v) is 7.16. The van der Waals surface area contributed by atoms with E-state index in [2.05, 4.69) is 17.0 Å². The van der Waals surface area contributed by atoms with Crippen molar-refractivity contribution in [3.8, 4) is 11.5 Å². The van der Waals surface area contributed by atoms with E-state index >= 15 is 0 Å². The molecule has 0 amide bonds. The summed E-state index contributed by atoms with van der Waals surface area (Å²) in [5.41, 5.74) is 3.34. The summed E-state index contributed by atoms with van der Waals surface area (Å²) in [4.78, 5) is 2.25. The predicted octanol–water partition coefficient (Wildman–Crippen LogP) is 2.46. The average Bonchev–Trinajstić information content (AvgIpc) is 2.94. The minimum absolute atomic E-state index is 0.266. The van der Waals surface area contributed by atoms with Crippen LogP contribution in [0.3, 0.4) is 0 Å². The van der Waals surface area contributed by atoms with Crippen LogP contribution in [-0.2, 0) is 13.1 Å². The van der Waals surface area contributed by atoms with Crippen molar-refractivity contribution in [3.63, 3.8) is 0 Å². The molecule has 0 spiro atoms. The topological polar surface area (TPSA) is 41.9 Å². The Morgan fingerprint density at radius 2 is 1.86 bits per heavy atom. The Labute approximate surface area is 123 Å². The normalized spacial score (nSPS) is 20.3. The highest BCUT2D eigenvalue weighted by Crippen LogP contribution is 2.39. The van der Waals surface area contributed by atoms with Crippen LogP contribution in [0, 0.1) is 0 Å². The standard InChI is InChI=1S/C17H17NO3/c19-15-10-18(8-12-4-2-1-3-5-12)9-13-6-16-17(7-14(13)15)21-11-20-16/h1-7,15,19H,8-11H2/t15-/m1/s1. The van der Waals surface area contributed by atoms with Crippen molar-refractivity contribution < 1.29 is 14.6 Å². The van der Waals surface area contributed by atoms with Crippen LogP contribution in [0.2, 0.25) is 0 Å². The molecule has 0 saturated heterocycles. The number of ether oxygens (including phenoxy) is 2. The maximum Gasteiger partial charge on any atom is 0.231 e. The predicted molar refractivity (Wildman–Crippen MR) is 78.1 cm³/mol. The van der Waals surface area contributed by atoms with Crippen molar-refractivity contribution in [2.24, 2.45) is 0 Å². The second kappa shape index (κ2) is 5.06. The summed E-state index contributed by atoms with van der Waals surface area (Å²) in [6, 6.07) is 14.2. The fraction of sp³-hybridized carbons (Fsp3) is 0.294. The van der Waals surface area contributed by atoms with Gasteiger partial charge in [-0.25, -0.2) is 0 Å². The molecule has 2 heterocycles. The third-order valence-electron chi connectivity index (χ3n) is 4.07. The van der Waals surface area contributed by atoms with E-state index in [-0.39, 0.29) is 6.79 Å². The number of aliphatic hydroxyl groups is 1. The zero-order chi connectivity index (χ0) is 14.2. The van der Waals surface area contributed by atoms with Crippen LogP contribution in [0.5, 0.6) is 11.5 Å². The SMILES string of the molecule is O[C@@H]1CN(Cc2ccccc2)Cc2cc3c(cc21)OCO3. The van der Waals surface area contributed by atoms with Crippen molar-refractivity contribution in [1.82, 2.24) is 4.90 Å². The van der Waals surface area contributed by atoms with E-state index in [0.29, 0.717) is 6.54 Å². The third kappa shape index (κ3) is 2.37. The lowest BCUT2D eigenvalue weighted by molar-refractivity contribution is 0.0880. The summed E-state index contributed by atoms with van der Waals surface area (Å²) >= 11 is 0. The van der Waals surface area contributed by atoms with Gasteiger partial charge in [-0.1, -0.05) is 30.3 Å². The van der Waals surface area contributed by atoms with Gasteiger partial charge in [0.15, 0.2) is 11.5 Å². The van der Waals surface area contributed by atoms with E-state index in [9.17, 15) is 5.11 Å². The van der Waals surface area contributed by atoms with Gasteiger partial charge in [-0.3, -0.25) is 4.90 Å². The molecule has 4 heteroatoms. The third-order valence-corrected chi connectivity index (χ3v) is 4.07. The number of aliphatic hydroxyl groups excluding tert-OH is 1. The molecular formula is C17H17NO3. The van der Waals surface area contributed by atoms with Gasteiger partial charge in [-0.2, -0.15) is 0 Å². The van der Waals surface area contributed by atoms with E-state index < -0.39 is 6.10 Å². The molecule has 1 atom stereocenters. The van der Waals surface area contributed by atoms with Gasteiger partial charge in [0.2, 0.25) is 6.79 Å². The van der Waals surface area contributed by atoms with Crippen molar-refractivity contribution in [1.29, 1.82) is 0 Å². The Kier molecular flexibility index (Phi) is 3.05. The van der Waals surface area contributed by atoms with Crippen LogP contribution >= 0.6 is 0 Å². The lowest BCUT2D eigenvalue weighted by atomic mass is 9.96. The van der Waals surface area contributed by atoms with Gasteiger partial charge >= 0.3 is 0 Å². The molecule has 2 aliphatic heterocycles. The number of fused-ring (bicyclic) bond motifs is 2. The smallest absolute Gasteiger partial charge is 0.231 e. The molecule has 108 valence electrons. The summed E-state index contributed by atoms with van der Waals surface area (Å²) < 4.78 is 10.8. The Balaban J connectivity index is 1.60. The van der Waals surface area contributed by atoms with Gasteiger partial charge in [0.05, 0.1) is 6.10 Å². The molecule has 2 aliphatic rings. The quantitative estimate of drug-likeness (QED) is 0.919. The highest BCUT2D eigenvalue weighted by molar-refractivity contribution is 5.50. The number of nitrogens with zero attached hydrogens (tertiary/aromatic N) is 1. The Morgan fingerprint density at radius 3 is 2.67 bits per heavy atom. The van der Waals surface area contributed by atoms with Gasteiger partial charge in [-0.15, -0.1) is 0 Å². The maximum absolute atomic E-state index is 10.4. The summed E-state index contributed by atoms with van der Waals surface area (Å²) in [5.74, 6) is 1.52. The summed E-state index contributed by atoms with van der Waals surface area (Å²) in [7, 11) is 0. The van der Waals surface area contributed by atoms with E-state index in [0.717, 1.165) is 35.7 Å². The lowest BCUT2D eigenvalue weighted by Gasteiger charge is -2.32. The molecule has 2 aromatic rings. The minimum Gasteiger partial charge on any atom is -0.454 e. The van der Waals surface area contributed by atoms with E-state index in [1.165, 1.54) is 5.56 Å². The monoisotopic (exact) mass is 283 g/mol. The lowest BCUT2D eigenvalue weighted by Crippen LogP contribution is -2.33. The van der Waals surface area contributed by atoms with Gasteiger partial charge in [0.25, 0.3) is 0 Å². The molecule has 21 heavy (non-hydrogen) atoms. The van der Waals surface area contributed by atoms with Gasteiger partial charge in [-0.05, 0) is 28.8 Å². The van der Waals surface area contributed by atoms with Gasteiger partial charge < -0.3 is 14.6 Å². The molecule has 0 fully saturated rings. The van der Waals surface area contributed by atoms with Crippen molar-refractivity contribution in [3.05, 3.63) is 59.2 Å². The summed E-state index contributed by atoms with van der Waals surface area (Å²) in [6.07, 6.45) is -0.480. The van der Waals surface area contributed by atoms with Crippen LogP contribution in [0.25, 0.3) is 0 Å². The first-order chi connectivity index (χ1) is 10.3. The first-order valence-electron chi connectivity index (χ1n) is 7.16. The van der Waals surface area contributed by atoms with Crippen LogP contribution in [0.1, 0.15) is 22.8 Å². The summed E-state index contributed by atoms with van der Waals surface area (Å²) in [5, 5.41) is 10.4. The van der Waals surface area contributed by atoms with E-state index in [1.54, 1.807) is 0 Å². The fourth-order valence-electron chi connectivity index (χ4n) is 3.06. The van der Waals surface area contributed by atoms with Crippen molar-refractivity contribution in [2.75, 3.05) is 13.3 Å². The number of hydrogen-bond donors (Lipinski definition) is 1. The first kappa shape index (κ1) is 12.7. The molecule has 4 rings (SSSR count). The van der Waals surface area contributed by atoms with E-state index in [4.69, 9.17) is 9.47 Å². The number of benzene rings is 2. The molecule has 0 aromatic heterocycles. The summed E-state index contributed by atoms with van der Waals surface area (Å²) in [6.45, 7) is 2.56. The average molecular weight is 283 g/mol. The Morgan fingerprint density at radius 1 is 1.10 bits per heavy atom. The van der Waals surface area contributed by atoms with E-state index in [1.807, 2.05) is 30.3 Å². The second-order valence-electron chi connectivity index (χ2n) is 5.58. The maximum atomic E-state index is 10.4. The van der Waals surface area contributed by atoms with Crippen molar-refractivity contribution >= 4 is 0 Å². The van der Waals surface area contributed by atoms with Crippen LogP contribution < -0.4 is 9.47 Å². The molecule has 0 saturated carbocycles. The largest absolute Gasteiger partial charge is 0.454 e.